The van der Waals surface area contributed by atoms with Crippen molar-refractivity contribution in [3.63, 3.8) is 0 Å². The number of phenols is 2. The van der Waals surface area contributed by atoms with Crippen LogP contribution in [0.25, 0.3) is 11.1 Å². The molecule has 0 saturated heterocycles. The molecule has 0 radical (unpaired) electrons. The first-order valence-electron chi connectivity index (χ1n) is 9.89. The normalized spacial score (nSPS) is 10.6. The van der Waals surface area contributed by atoms with Crippen LogP contribution in [0.3, 0.4) is 0 Å². The number of phenolic OH excluding ortho intramolecular Hbond substituents is 2. The SMILES string of the molecule is CCc1c(O)c(O)c(C=O)c(Cc2c(OC)cc(OC)cc2OC)c1-c1ccccc1. The van der Waals surface area contributed by atoms with E-state index in [1.807, 2.05) is 37.3 Å². The number of carbonyl (C=O) groups is 1. The van der Waals surface area contributed by atoms with Crippen molar-refractivity contribution in [2.75, 3.05) is 21.3 Å². The van der Waals surface area contributed by atoms with Crippen molar-refractivity contribution in [1.29, 1.82) is 0 Å². The third-order valence-corrected chi connectivity index (χ3v) is 5.40. The van der Waals surface area contributed by atoms with Crippen molar-refractivity contribution in [3.05, 3.63) is 64.7 Å². The molecule has 3 rings (SSSR count). The van der Waals surface area contributed by atoms with Crippen molar-refractivity contribution < 1.29 is 29.2 Å². The molecule has 31 heavy (non-hydrogen) atoms. The van der Waals surface area contributed by atoms with E-state index < -0.39 is 5.75 Å². The zero-order valence-electron chi connectivity index (χ0n) is 18.1. The summed E-state index contributed by atoms with van der Waals surface area (Å²) < 4.78 is 16.5. The zero-order chi connectivity index (χ0) is 22.5. The number of ether oxygens (including phenoxy) is 3. The van der Waals surface area contributed by atoms with Gasteiger partial charge in [-0.2, -0.15) is 0 Å². The molecule has 6 heteroatoms. The summed E-state index contributed by atoms with van der Waals surface area (Å²) in [6, 6.07) is 13.0. The Morgan fingerprint density at radius 1 is 0.839 bits per heavy atom. The maximum absolute atomic E-state index is 12.0. The summed E-state index contributed by atoms with van der Waals surface area (Å²) in [4.78, 5) is 12.0. The lowest BCUT2D eigenvalue weighted by Gasteiger charge is -2.22. The molecule has 162 valence electrons. The Bertz CT molecular complexity index is 1060. The predicted molar refractivity (Wildman–Crippen MR) is 119 cm³/mol. The van der Waals surface area contributed by atoms with Gasteiger partial charge >= 0.3 is 0 Å². The number of rotatable bonds is 8. The smallest absolute Gasteiger partial charge is 0.168 e. The van der Waals surface area contributed by atoms with Gasteiger partial charge in [0, 0.05) is 29.7 Å². The van der Waals surface area contributed by atoms with Gasteiger partial charge in [0.1, 0.15) is 17.2 Å². The molecule has 0 aliphatic heterocycles. The van der Waals surface area contributed by atoms with Crippen LogP contribution < -0.4 is 14.2 Å². The minimum atomic E-state index is -0.423. The van der Waals surface area contributed by atoms with Gasteiger partial charge in [-0.15, -0.1) is 0 Å². The average Bonchev–Trinajstić information content (AvgIpc) is 2.81. The van der Waals surface area contributed by atoms with E-state index in [2.05, 4.69) is 0 Å². The van der Waals surface area contributed by atoms with E-state index in [9.17, 15) is 15.0 Å². The molecular formula is C25H26O6. The lowest BCUT2D eigenvalue weighted by Crippen LogP contribution is -2.06. The van der Waals surface area contributed by atoms with Crippen LogP contribution in [0, 0.1) is 0 Å². The number of aromatic hydroxyl groups is 2. The summed E-state index contributed by atoms with van der Waals surface area (Å²) in [5.41, 5.74) is 3.41. The highest BCUT2D eigenvalue weighted by atomic mass is 16.5. The maximum Gasteiger partial charge on any atom is 0.168 e. The molecular weight excluding hydrogens is 396 g/mol. The minimum absolute atomic E-state index is 0.0356. The van der Waals surface area contributed by atoms with Crippen molar-refractivity contribution in [2.45, 2.75) is 19.8 Å². The fourth-order valence-electron chi connectivity index (χ4n) is 3.89. The Morgan fingerprint density at radius 3 is 1.94 bits per heavy atom. The third-order valence-electron chi connectivity index (χ3n) is 5.40. The summed E-state index contributed by atoms with van der Waals surface area (Å²) in [5.74, 6) is 0.920. The number of carbonyl (C=O) groups excluding carboxylic acids is 1. The molecule has 3 aromatic carbocycles. The lowest BCUT2D eigenvalue weighted by molar-refractivity contribution is 0.111. The number of aldehydes is 1. The van der Waals surface area contributed by atoms with E-state index >= 15 is 0 Å². The van der Waals surface area contributed by atoms with Gasteiger partial charge < -0.3 is 24.4 Å². The highest BCUT2D eigenvalue weighted by molar-refractivity contribution is 5.91. The van der Waals surface area contributed by atoms with Crippen LogP contribution in [-0.2, 0) is 12.8 Å². The molecule has 0 amide bonds. The van der Waals surface area contributed by atoms with E-state index in [0.29, 0.717) is 52.2 Å². The largest absolute Gasteiger partial charge is 0.504 e. The second kappa shape index (κ2) is 9.43. The molecule has 0 atom stereocenters. The first-order valence-corrected chi connectivity index (χ1v) is 9.89. The monoisotopic (exact) mass is 422 g/mol. The highest BCUT2D eigenvalue weighted by Gasteiger charge is 2.25. The van der Waals surface area contributed by atoms with Crippen molar-refractivity contribution in [3.8, 4) is 39.9 Å². The number of benzene rings is 3. The zero-order valence-corrected chi connectivity index (χ0v) is 18.1. The quantitative estimate of drug-likeness (QED) is 0.402. The molecule has 0 aliphatic rings. The summed E-state index contributed by atoms with van der Waals surface area (Å²) in [6.45, 7) is 1.89. The third kappa shape index (κ3) is 4.01. The van der Waals surface area contributed by atoms with E-state index in [-0.39, 0.29) is 17.7 Å². The molecule has 0 aromatic heterocycles. The Balaban J connectivity index is 2.37. The average molecular weight is 422 g/mol. The van der Waals surface area contributed by atoms with Gasteiger partial charge in [0.15, 0.2) is 17.8 Å². The standard InChI is InChI=1S/C25H26O6/c1-5-17-23(15-9-7-6-8-10-15)18(20(14-26)25(28)24(17)27)13-19-21(30-3)11-16(29-2)12-22(19)31-4/h6-12,14,27-28H,5,13H2,1-4H3. The highest BCUT2D eigenvalue weighted by Crippen LogP contribution is 2.45. The second-order valence-corrected chi connectivity index (χ2v) is 6.97. The molecule has 0 saturated carbocycles. The lowest BCUT2D eigenvalue weighted by atomic mass is 9.85. The Morgan fingerprint density at radius 2 is 1.45 bits per heavy atom. The van der Waals surface area contributed by atoms with E-state index in [4.69, 9.17) is 14.2 Å². The van der Waals surface area contributed by atoms with Gasteiger partial charge in [0.25, 0.3) is 0 Å². The van der Waals surface area contributed by atoms with Gasteiger partial charge in [-0.25, -0.2) is 0 Å². The maximum atomic E-state index is 12.0. The number of hydrogen-bond donors (Lipinski definition) is 2. The van der Waals surface area contributed by atoms with Crippen LogP contribution in [0.1, 0.15) is 34.0 Å². The van der Waals surface area contributed by atoms with Crippen molar-refractivity contribution in [1.82, 2.24) is 0 Å². The molecule has 0 aliphatic carbocycles. The fraction of sp³-hybridized carbons (Fsp3) is 0.240. The Hall–Kier alpha value is -3.67. The van der Waals surface area contributed by atoms with Crippen LogP contribution in [0.4, 0.5) is 0 Å². The Labute approximate surface area is 181 Å². The van der Waals surface area contributed by atoms with Gasteiger partial charge in [0.05, 0.1) is 26.9 Å². The molecule has 0 bridgehead atoms. The first-order chi connectivity index (χ1) is 15.0. The topological polar surface area (TPSA) is 85.2 Å². The van der Waals surface area contributed by atoms with Gasteiger partial charge in [-0.3, -0.25) is 4.79 Å². The van der Waals surface area contributed by atoms with Crippen LogP contribution in [0.15, 0.2) is 42.5 Å². The molecule has 0 heterocycles. The number of methoxy groups -OCH3 is 3. The fourth-order valence-corrected chi connectivity index (χ4v) is 3.89. The molecule has 6 nitrogen and oxygen atoms in total. The van der Waals surface area contributed by atoms with Crippen LogP contribution in [0.5, 0.6) is 28.7 Å². The summed E-state index contributed by atoms with van der Waals surface area (Å²) in [6.07, 6.45) is 1.26. The summed E-state index contributed by atoms with van der Waals surface area (Å²) in [5, 5.41) is 21.2. The Kier molecular flexibility index (Phi) is 6.70. The molecule has 3 aromatic rings. The van der Waals surface area contributed by atoms with Crippen molar-refractivity contribution in [2.24, 2.45) is 0 Å². The summed E-state index contributed by atoms with van der Waals surface area (Å²) >= 11 is 0. The second-order valence-electron chi connectivity index (χ2n) is 6.97. The molecule has 0 fully saturated rings. The van der Waals surface area contributed by atoms with Gasteiger partial charge in [0.2, 0.25) is 0 Å². The van der Waals surface area contributed by atoms with E-state index in [0.717, 1.165) is 5.56 Å². The predicted octanol–water partition coefficient (Wildman–Crippen LogP) is 4.76. The number of hydrogen-bond acceptors (Lipinski definition) is 6. The van der Waals surface area contributed by atoms with Crippen LogP contribution in [0.2, 0.25) is 0 Å². The molecule has 0 unspecified atom stereocenters. The van der Waals surface area contributed by atoms with Crippen LogP contribution in [-0.4, -0.2) is 37.8 Å². The minimum Gasteiger partial charge on any atom is -0.504 e. The van der Waals surface area contributed by atoms with Crippen molar-refractivity contribution >= 4 is 6.29 Å². The first kappa shape index (κ1) is 22.0. The van der Waals surface area contributed by atoms with Gasteiger partial charge in [-0.05, 0) is 23.1 Å². The molecule has 2 N–H and O–H groups in total. The summed E-state index contributed by atoms with van der Waals surface area (Å²) in [7, 11) is 4.64. The van der Waals surface area contributed by atoms with E-state index in [1.54, 1.807) is 33.5 Å². The van der Waals surface area contributed by atoms with E-state index in [1.165, 1.54) is 0 Å². The van der Waals surface area contributed by atoms with Gasteiger partial charge in [-0.1, -0.05) is 37.3 Å². The van der Waals surface area contributed by atoms with Crippen LogP contribution >= 0.6 is 0 Å². The molecule has 0 spiro atoms.